The number of fused-ring (bicyclic) bond motifs is 1. The minimum Gasteiger partial charge on any atom is -0.486 e. The van der Waals surface area contributed by atoms with Crippen molar-refractivity contribution in [1.29, 1.82) is 0 Å². The standard InChI is InChI=1S/C21H24N2O3S/c24-21(15-27-18-8-9-19-20(14-18)26-13-12-25-19)22-16-4-6-17(7-5-16)23-10-2-1-3-11-23/h4-9,14H,1-3,10-13,15H2,(H,22,24). The van der Waals surface area contributed by atoms with Crippen LogP contribution >= 0.6 is 11.8 Å². The molecule has 2 aliphatic rings. The second-order valence-electron chi connectivity index (χ2n) is 6.74. The molecule has 0 radical (unpaired) electrons. The number of thioether (sulfide) groups is 1. The van der Waals surface area contributed by atoms with Crippen LogP contribution in [-0.2, 0) is 4.79 Å². The largest absolute Gasteiger partial charge is 0.486 e. The van der Waals surface area contributed by atoms with Gasteiger partial charge in [0.1, 0.15) is 13.2 Å². The minimum absolute atomic E-state index is 0.0133. The third kappa shape index (κ3) is 4.69. The highest BCUT2D eigenvalue weighted by Gasteiger charge is 2.13. The number of ether oxygens (including phenoxy) is 2. The lowest BCUT2D eigenvalue weighted by Crippen LogP contribution is -2.29. The Kier molecular flexibility index (Phi) is 5.72. The first-order valence-corrected chi connectivity index (χ1v) is 10.4. The molecule has 27 heavy (non-hydrogen) atoms. The van der Waals surface area contributed by atoms with Crippen LogP contribution in [0.1, 0.15) is 19.3 Å². The van der Waals surface area contributed by atoms with E-state index in [9.17, 15) is 4.79 Å². The predicted molar refractivity (Wildman–Crippen MR) is 109 cm³/mol. The molecule has 2 heterocycles. The lowest BCUT2D eigenvalue weighted by molar-refractivity contribution is -0.113. The molecule has 1 saturated heterocycles. The fraction of sp³-hybridized carbons (Fsp3) is 0.381. The Morgan fingerprint density at radius 2 is 1.70 bits per heavy atom. The van der Waals surface area contributed by atoms with Gasteiger partial charge in [0.2, 0.25) is 5.91 Å². The van der Waals surface area contributed by atoms with E-state index >= 15 is 0 Å². The quantitative estimate of drug-likeness (QED) is 0.784. The molecule has 5 nitrogen and oxygen atoms in total. The molecular weight excluding hydrogens is 360 g/mol. The summed E-state index contributed by atoms with van der Waals surface area (Å²) in [6, 6.07) is 13.9. The van der Waals surface area contributed by atoms with Crippen LogP contribution in [0.25, 0.3) is 0 Å². The van der Waals surface area contributed by atoms with Gasteiger partial charge in [0.15, 0.2) is 11.5 Å². The van der Waals surface area contributed by atoms with Gasteiger partial charge in [0, 0.05) is 29.4 Å². The molecule has 6 heteroatoms. The Morgan fingerprint density at radius 1 is 0.963 bits per heavy atom. The summed E-state index contributed by atoms with van der Waals surface area (Å²) >= 11 is 1.49. The van der Waals surface area contributed by atoms with Crippen LogP contribution < -0.4 is 19.7 Å². The van der Waals surface area contributed by atoms with E-state index < -0.39 is 0 Å². The van der Waals surface area contributed by atoms with E-state index in [2.05, 4.69) is 22.3 Å². The number of carbonyl (C=O) groups is 1. The van der Waals surface area contributed by atoms with Gasteiger partial charge in [-0.2, -0.15) is 0 Å². The molecule has 2 aliphatic heterocycles. The molecule has 1 fully saturated rings. The van der Waals surface area contributed by atoms with E-state index in [-0.39, 0.29) is 5.91 Å². The summed E-state index contributed by atoms with van der Waals surface area (Å²) in [5, 5.41) is 2.97. The summed E-state index contributed by atoms with van der Waals surface area (Å²) in [4.78, 5) is 15.7. The van der Waals surface area contributed by atoms with Crippen LogP contribution in [0.15, 0.2) is 47.4 Å². The molecule has 0 saturated carbocycles. The molecule has 0 spiro atoms. The van der Waals surface area contributed by atoms with Crippen molar-refractivity contribution >= 4 is 29.0 Å². The molecule has 4 rings (SSSR count). The molecule has 0 bridgehead atoms. The summed E-state index contributed by atoms with van der Waals surface area (Å²) in [6.07, 6.45) is 3.84. The Hall–Kier alpha value is -2.34. The highest BCUT2D eigenvalue weighted by Crippen LogP contribution is 2.34. The number of carbonyl (C=O) groups excluding carboxylic acids is 1. The van der Waals surface area contributed by atoms with E-state index in [1.807, 2.05) is 30.3 Å². The van der Waals surface area contributed by atoms with Gasteiger partial charge in [0.25, 0.3) is 0 Å². The zero-order chi connectivity index (χ0) is 18.5. The number of piperidine rings is 1. The number of benzene rings is 2. The molecule has 0 unspecified atom stereocenters. The van der Waals surface area contributed by atoms with Crippen molar-refractivity contribution in [2.75, 3.05) is 42.3 Å². The van der Waals surface area contributed by atoms with Gasteiger partial charge in [0.05, 0.1) is 5.75 Å². The fourth-order valence-electron chi connectivity index (χ4n) is 3.37. The van der Waals surface area contributed by atoms with E-state index in [0.717, 1.165) is 35.2 Å². The van der Waals surface area contributed by atoms with Crippen molar-refractivity contribution in [3.8, 4) is 11.5 Å². The Balaban J connectivity index is 1.29. The van der Waals surface area contributed by atoms with Gasteiger partial charge in [-0.15, -0.1) is 11.8 Å². The first kappa shape index (κ1) is 18.0. The van der Waals surface area contributed by atoms with Crippen LogP contribution in [0.2, 0.25) is 0 Å². The lowest BCUT2D eigenvalue weighted by atomic mass is 10.1. The Morgan fingerprint density at radius 3 is 2.48 bits per heavy atom. The summed E-state index contributed by atoms with van der Waals surface area (Å²) in [5.41, 5.74) is 2.07. The van der Waals surface area contributed by atoms with Gasteiger partial charge in [-0.25, -0.2) is 0 Å². The molecule has 2 aromatic carbocycles. The smallest absolute Gasteiger partial charge is 0.234 e. The van der Waals surface area contributed by atoms with Crippen LogP contribution in [0, 0.1) is 0 Å². The van der Waals surface area contributed by atoms with Gasteiger partial charge < -0.3 is 19.7 Å². The summed E-state index contributed by atoms with van der Waals surface area (Å²) < 4.78 is 11.1. The number of hydrogen-bond acceptors (Lipinski definition) is 5. The normalized spacial score (nSPS) is 16.1. The van der Waals surface area contributed by atoms with Crippen molar-refractivity contribution in [2.45, 2.75) is 24.2 Å². The third-order valence-electron chi connectivity index (χ3n) is 4.76. The van der Waals surface area contributed by atoms with Crippen molar-refractivity contribution in [3.63, 3.8) is 0 Å². The minimum atomic E-state index is -0.0133. The maximum absolute atomic E-state index is 12.3. The van der Waals surface area contributed by atoms with Crippen LogP contribution in [-0.4, -0.2) is 38.0 Å². The lowest BCUT2D eigenvalue weighted by Gasteiger charge is -2.28. The summed E-state index contributed by atoms with van der Waals surface area (Å²) in [5.74, 6) is 1.86. The predicted octanol–water partition coefficient (Wildman–Crippen LogP) is 4.18. The zero-order valence-corrected chi connectivity index (χ0v) is 16.1. The molecular formula is C21H24N2O3S. The number of anilines is 2. The third-order valence-corrected chi connectivity index (χ3v) is 5.75. The number of nitrogens with zero attached hydrogens (tertiary/aromatic N) is 1. The molecule has 142 valence electrons. The summed E-state index contributed by atoms with van der Waals surface area (Å²) in [7, 11) is 0. The highest BCUT2D eigenvalue weighted by molar-refractivity contribution is 8.00. The number of hydrogen-bond donors (Lipinski definition) is 1. The average Bonchev–Trinajstić information content (AvgIpc) is 2.73. The van der Waals surface area contributed by atoms with Gasteiger partial charge in [-0.1, -0.05) is 0 Å². The first-order chi connectivity index (χ1) is 13.3. The van der Waals surface area contributed by atoms with Gasteiger partial charge in [-0.05, 0) is 61.7 Å². The Labute approximate surface area is 164 Å². The van der Waals surface area contributed by atoms with E-state index in [1.54, 1.807) is 0 Å². The second-order valence-corrected chi connectivity index (χ2v) is 7.79. The van der Waals surface area contributed by atoms with Crippen LogP contribution in [0.3, 0.4) is 0 Å². The average molecular weight is 385 g/mol. The van der Waals surface area contributed by atoms with Crippen molar-refractivity contribution in [3.05, 3.63) is 42.5 Å². The highest BCUT2D eigenvalue weighted by atomic mass is 32.2. The SMILES string of the molecule is O=C(CSc1ccc2c(c1)OCCO2)Nc1ccc(N2CCCCC2)cc1. The second kappa shape index (κ2) is 8.57. The zero-order valence-electron chi connectivity index (χ0n) is 15.3. The van der Waals surface area contributed by atoms with Crippen molar-refractivity contribution in [2.24, 2.45) is 0 Å². The maximum Gasteiger partial charge on any atom is 0.234 e. The fourth-order valence-corrected chi connectivity index (χ4v) is 4.09. The van der Waals surface area contributed by atoms with E-state index in [4.69, 9.17) is 9.47 Å². The first-order valence-electron chi connectivity index (χ1n) is 9.45. The molecule has 0 aromatic heterocycles. The number of amides is 1. The summed E-state index contributed by atoms with van der Waals surface area (Å²) in [6.45, 7) is 3.39. The molecule has 0 aliphatic carbocycles. The van der Waals surface area contributed by atoms with E-state index in [1.165, 1.54) is 36.7 Å². The molecule has 1 N–H and O–H groups in total. The Bertz CT molecular complexity index is 789. The van der Waals surface area contributed by atoms with Crippen molar-refractivity contribution in [1.82, 2.24) is 0 Å². The topological polar surface area (TPSA) is 50.8 Å². The van der Waals surface area contributed by atoms with Crippen LogP contribution in [0.4, 0.5) is 11.4 Å². The van der Waals surface area contributed by atoms with Gasteiger partial charge >= 0.3 is 0 Å². The van der Waals surface area contributed by atoms with E-state index in [0.29, 0.717) is 19.0 Å². The number of rotatable bonds is 5. The molecule has 2 aromatic rings. The maximum atomic E-state index is 12.3. The molecule has 0 atom stereocenters. The molecule has 1 amide bonds. The van der Waals surface area contributed by atoms with Gasteiger partial charge in [-0.3, -0.25) is 4.79 Å². The van der Waals surface area contributed by atoms with Crippen LogP contribution in [0.5, 0.6) is 11.5 Å². The number of nitrogens with one attached hydrogen (secondary N) is 1. The monoisotopic (exact) mass is 384 g/mol. The van der Waals surface area contributed by atoms with Crippen molar-refractivity contribution < 1.29 is 14.3 Å².